The van der Waals surface area contributed by atoms with Gasteiger partial charge in [-0.25, -0.2) is 4.68 Å². The molecule has 2 heterocycles. The fourth-order valence-electron chi connectivity index (χ4n) is 3.75. The summed E-state index contributed by atoms with van der Waals surface area (Å²) in [7, 11) is 1.80. The van der Waals surface area contributed by atoms with Crippen LogP contribution in [0.1, 0.15) is 18.4 Å². The van der Waals surface area contributed by atoms with E-state index < -0.39 is 0 Å². The summed E-state index contributed by atoms with van der Waals surface area (Å²) in [5.74, 6) is 0.878. The minimum Gasteiger partial charge on any atom is -0.381 e. The van der Waals surface area contributed by atoms with Gasteiger partial charge in [-0.1, -0.05) is 42.5 Å². The maximum atomic E-state index is 5.86. The van der Waals surface area contributed by atoms with Crippen LogP contribution in [0.15, 0.2) is 54.6 Å². The lowest BCUT2D eigenvalue weighted by Gasteiger charge is -2.30. The maximum Gasteiger partial charge on any atom is 0.204 e. The van der Waals surface area contributed by atoms with Crippen LogP contribution in [0.2, 0.25) is 0 Å². The number of aromatic nitrogens is 3. The van der Waals surface area contributed by atoms with Crippen LogP contribution >= 0.6 is 12.2 Å². The topological polar surface area (TPSA) is 35.2 Å². The standard InChI is InChI=1S/C22H26N4OS/c1-17-7-6-10-19(15-17)26-21(18-8-4-3-5-9-18)23-25(22(26)28)16-24-13-11-20(27-2)12-14-24/h3-10,15,20H,11-14,16H2,1-2H3. The predicted octanol–water partition coefficient (Wildman–Crippen LogP) is 4.45. The Hall–Kier alpha value is -2.28. The van der Waals surface area contributed by atoms with Crippen molar-refractivity contribution in [2.75, 3.05) is 20.2 Å². The first-order chi connectivity index (χ1) is 13.7. The van der Waals surface area contributed by atoms with E-state index in [1.165, 1.54) is 5.56 Å². The van der Waals surface area contributed by atoms with Crippen LogP contribution < -0.4 is 0 Å². The quantitative estimate of drug-likeness (QED) is 0.599. The number of nitrogens with zero attached hydrogens (tertiary/aromatic N) is 4. The number of rotatable bonds is 5. The van der Waals surface area contributed by atoms with E-state index in [-0.39, 0.29) is 0 Å². The average Bonchev–Trinajstić information content (AvgIpc) is 3.05. The zero-order valence-electron chi connectivity index (χ0n) is 16.4. The summed E-state index contributed by atoms with van der Waals surface area (Å²) in [6.45, 7) is 4.80. The third-order valence-corrected chi connectivity index (χ3v) is 5.73. The summed E-state index contributed by atoms with van der Waals surface area (Å²) in [6.07, 6.45) is 2.47. The highest BCUT2D eigenvalue weighted by molar-refractivity contribution is 7.71. The fraction of sp³-hybridized carbons (Fsp3) is 0.364. The monoisotopic (exact) mass is 394 g/mol. The lowest BCUT2D eigenvalue weighted by molar-refractivity contribution is 0.0301. The van der Waals surface area contributed by atoms with E-state index in [1.54, 1.807) is 7.11 Å². The number of piperidine rings is 1. The summed E-state index contributed by atoms with van der Waals surface area (Å²) in [4.78, 5) is 2.40. The van der Waals surface area contributed by atoms with E-state index >= 15 is 0 Å². The Morgan fingerprint density at radius 3 is 2.50 bits per heavy atom. The highest BCUT2D eigenvalue weighted by Crippen LogP contribution is 2.24. The van der Waals surface area contributed by atoms with E-state index in [4.69, 9.17) is 22.1 Å². The Bertz CT molecular complexity index is 987. The first kappa shape index (κ1) is 19.1. The summed E-state index contributed by atoms with van der Waals surface area (Å²) < 4.78 is 10.2. The molecule has 0 atom stereocenters. The van der Waals surface area contributed by atoms with Crippen molar-refractivity contribution < 1.29 is 4.74 Å². The van der Waals surface area contributed by atoms with Crippen LogP contribution in [-0.4, -0.2) is 45.6 Å². The van der Waals surface area contributed by atoms with E-state index in [1.807, 2.05) is 22.9 Å². The number of hydrogen-bond acceptors (Lipinski definition) is 4. The summed E-state index contributed by atoms with van der Waals surface area (Å²) >= 11 is 5.86. The zero-order valence-corrected chi connectivity index (χ0v) is 17.2. The summed E-state index contributed by atoms with van der Waals surface area (Å²) in [5.41, 5.74) is 3.31. The van der Waals surface area contributed by atoms with Gasteiger partial charge < -0.3 is 4.74 Å². The molecule has 0 unspecified atom stereocenters. The molecule has 6 heteroatoms. The number of aryl methyl sites for hydroxylation is 1. The molecule has 0 radical (unpaired) electrons. The van der Waals surface area contributed by atoms with E-state index in [0.717, 1.165) is 47.8 Å². The van der Waals surface area contributed by atoms with Crippen molar-refractivity contribution in [2.45, 2.75) is 32.5 Å². The van der Waals surface area contributed by atoms with Crippen molar-refractivity contribution in [1.82, 2.24) is 19.2 Å². The van der Waals surface area contributed by atoms with Crippen molar-refractivity contribution in [3.05, 3.63) is 64.9 Å². The largest absolute Gasteiger partial charge is 0.381 e. The van der Waals surface area contributed by atoms with E-state index in [9.17, 15) is 0 Å². The zero-order chi connectivity index (χ0) is 19.5. The van der Waals surface area contributed by atoms with Crippen LogP contribution in [0.25, 0.3) is 17.1 Å². The molecule has 1 saturated heterocycles. The molecular formula is C22H26N4OS. The van der Waals surface area contributed by atoms with Gasteiger partial charge in [-0.05, 0) is 49.7 Å². The van der Waals surface area contributed by atoms with Gasteiger partial charge >= 0.3 is 0 Å². The molecule has 0 N–H and O–H groups in total. The molecule has 0 bridgehead atoms. The summed E-state index contributed by atoms with van der Waals surface area (Å²) in [6, 6.07) is 18.7. The Morgan fingerprint density at radius 2 is 1.82 bits per heavy atom. The van der Waals surface area contributed by atoms with Gasteiger partial charge in [0.05, 0.1) is 18.5 Å². The van der Waals surface area contributed by atoms with Crippen LogP contribution in [0, 0.1) is 11.7 Å². The molecule has 1 aliphatic heterocycles. The van der Waals surface area contributed by atoms with Crippen LogP contribution in [0.3, 0.4) is 0 Å². The van der Waals surface area contributed by atoms with E-state index in [0.29, 0.717) is 12.8 Å². The highest BCUT2D eigenvalue weighted by atomic mass is 32.1. The minimum atomic E-state index is 0.369. The molecule has 1 fully saturated rings. The molecule has 146 valence electrons. The van der Waals surface area contributed by atoms with Crippen molar-refractivity contribution in [1.29, 1.82) is 0 Å². The molecule has 1 aromatic heterocycles. The van der Waals surface area contributed by atoms with Gasteiger partial charge in [0.15, 0.2) is 5.82 Å². The number of ether oxygens (including phenoxy) is 1. The molecule has 5 nitrogen and oxygen atoms in total. The van der Waals surface area contributed by atoms with Crippen molar-refractivity contribution in [3.8, 4) is 17.1 Å². The molecule has 0 spiro atoms. The molecular weight excluding hydrogens is 368 g/mol. The second-order valence-electron chi connectivity index (χ2n) is 7.34. The summed E-state index contributed by atoms with van der Waals surface area (Å²) in [5, 5.41) is 4.92. The third kappa shape index (κ3) is 3.94. The minimum absolute atomic E-state index is 0.369. The molecule has 3 aromatic rings. The first-order valence-corrected chi connectivity index (χ1v) is 10.1. The average molecular weight is 395 g/mol. The normalized spacial score (nSPS) is 15.8. The highest BCUT2D eigenvalue weighted by Gasteiger charge is 2.21. The van der Waals surface area contributed by atoms with Gasteiger partial charge in [-0.3, -0.25) is 9.47 Å². The number of methoxy groups -OCH3 is 1. The van der Waals surface area contributed by atoms with Gasteiger partial charge in [0.2, 0.25) is 4.77 Å². The van der Waals surface area contributed by atoms with Crippen LogP contribution in [-0.2, 0) is 11.4 Å². The maximum absolute atomic E-state index is 5.86. The fourth-order valence-corrected chi connectivity index (χ4v) is 4.04. The van der Waals surface area contributed by atoms with Gasteiger partial charge in [-0.2, -0.15) is 0 Å². The molecule has 28 heavy (non-hydrogen) atoms. The van der Waals surface area contributed by atoms with Gasteiger partial charge in [0, 0.05) is 25.8 Å². The molecule has 0 amide bonds. The smallest absolute Gasteiger partial charge is 0.204 e. The SMILES string of the molecule is COC1CCN(Cn2nc(-c3ccccc3)n(-c3cccc(C)c3)c2=S)CC1. The number of likely N-dealkylation sites (tertiary alicyclic amines) is 1. The van der Waals surface area contributed by atoms with Crippen molar-refractivity contribution in [2.24, 2.45) is 0 Å². The van der Waals surface area contributed by atoms with Gasteiger partial charge in [-0.15, -0.1) is 5.10 Å². The second kappa shape index (κ2) is 8.39. The molecule has 0 aliphatic carbocycles. The second-order valence-corrected chi connectivity index (χ2v) is 7.71. The third-order valence-electron chi connectivity index (χ3n) is 5.33. The first-order valence-electron chi connectivity index (χ1n) is 9.73. The van der Waals surface area contributed by atoms with Crippen LogP contribution in [0.4, 0.5) is 0 Å². The Morgan fingerprint density at radius 1 is 1.07 bits per heavy atom. The predicted molar refractivity (Wildman–Crippen MR) is 114 cm³/mol. The van der Waals surface area contributed by atoms with Crippen molar-refractivity contribution >= 4 is 12.2 Å². The van der Waals surface area contributed by atoms with Gasteiger partial charge in [0.25, 0.3) is 0 Å². The number of benzene rings is 2. The van der Waals surface area contributed by atoms with Gasteiger partial charge in [0.1, 0.15) is 0 Å². The molecule has 1 aliphatic rings. The molecule has 2 aromatic carbocycles. The number of hydrogen-bond donors (Lipinski definition) is 0. The Kier molecular flexibility index (Phi) is 5.71. The lowest BCUT2D eigenvalue weighted by Crippen LogP contribution is -2.38. The van der Waals surface area contributed by atoms with Crippen molar-refractivity contribution in [3.63, 3.8) is 0 Å². The Labute approximate surface area is 171 Å². The Balaban J connectivity index is 1.72. The lowest BCUT2D eigenvalue weighted by atomic mass is 10.1. The van der Waals surface area contributed by atoms with E-state index in [2.05, 4.69) is 52.8 Å². The molecule has 0 saturated carbocycles. The van der Waals surface area contributed by atoms with Crippen LogP contribution in [0.5, 0.6) is 0 Å². The molecule has 4 rings (SSSR count).